The molecule has 2 N–H and O–H groups in total. The Balaban J connectivity index is 2.26. The molecule has 23 heavy (non-hydrogen) atoms. The van der Waals surface area contributed by atoms with Crippen LogP contribution < -0.4 is 0 Å². The van der Waals surface area contributed by atoms with Crippen LogP contribution in [0, 0.1) is 5.82 Å². The molecule has 0 bridgehead atoms. The summed E-state index contributed by atoms with van der Waals surface area (Å²) in [5.41, 5.74) is 0.649. The lowest BCUT2D eigenvalue weighted by Crippen LogP contribution is -2.13. The van der Waals surface area contributed by atoms with Gasteiger partial charge in [-0.2, -0.15) is 0 Å². The Morgan fingerprint density at radius 3 is 2.22 bits per heavy atom. The maximum atomic E-state index is 13.0. The van der Waals surface area contributed by atoms with E-state index in [-0.39, 0.29) is 17.8 Å². The lowest BCUT2D eigenvalue weighted by Gasteiger charge is -2.09. The van der Waals surface area contributed by atoms with Gasteiger partial charge in [0.1, 0.15) is 11.5 Å². The van der Waals surface area contributed by atoms with Crippen molar-refractivity contribution < 1.29 is 24.2 Å². The van der Waals surface area contributed by atoms with Gasteiger partial charge in [-0.1, -0.05) is 30.3 Å². The Morgan fingerprint density at radius 2 is 1.61 bits per heavy atom. The van der Waals surface area contributed by atoms with Crippen molar-refractivity contribution in [1.82, 2.24) is 4.57 Å². The predicted octanol–water partition coefficient (Wildman–Crippen LogP) is 3.23. The Hall–Kier alpha value is -3.15. The summed E-state index contributed by atoms with van der Waals surface area (Å²) in [6, 6.07) is 12.2. The summed E-state index contributed by atoms with van der Waals surface area (Å²) in [6.45, 7) is 0.135. The number of benzene rings is 2. The second-order valence-corrected chi connectivity index (χ2v) is 5.06. The molecule has 2 aromatic carbocycles. The van der Waals surface area contributed by atoms with E-state index in [0.29, 0.717) is 16.5 Å². The van der Waals surface area contributed by atoms with Crippen molar-refractivity contribution in [3.8, 4) is 0 Å². The lowest BCUT2D eigenvalue weighted by atomic mass is 10.1. The molecule has 0 spiro atoms. The molecule has 0 saturated heterocycles. The standard InChI is InChI=1S/C17H12FNO4/c18-11-7-5-10(6-8-11)9-19-13-4-2-1-3-12(13)14(16(20)21)15(19)17(22)23/h1-8H,9H2,(H,20,21)(H,22,23). The highest BCUT2D eigenvalue weighted by atomic mass is 19.1. The van der Waals surface area contributed by atoms with Crippen molar-refractivity contribution in [2.24, 2.45) is 0 Å². The molecule has 0 aliphatic rings. The SMILES string of the molecule is O=C(O)c1c(C(=O)O)n(Cc2ccc(F)cc2)c2ccccc12. The van der Waals surface area contributed by atoms with Crippen LogP contribution in [-0.2, 0) is 6.54 Å². The van der Waals surface area contributed by atoms with Crippen molar-refractivity contribution in [3.05, 3.63) is 71.2 Å². The third kappa shape index (κ3) is 2.55. The van der Waals surface area contributed by atoms with E-state index >= 15 is 0 Å². The average molecular weight is 313 g/mol. The van der Waals surface area contributed by atoms with Crippen molar-refractivity contribution in [1.29, 1.82) is 0 Å². The summed E-state index contributed by atoms with van der Waals surface area (Å²) < 4.78 is 14.4. The van der Waals surface area contributed by atoms with E-state index in [0.717, 1.165) is 0 Å². The number of hydrogen-bond donors (Lipinski definition) is 2. The minimum atomic E-state index is -1.32. The van der Waals surface area contributed by atoms with Crippen LogP contribution >= 0.6 is 0 Å². The first-order valence-electron chi connectivity index (χ1n) is 6.81. The van der Waals surface area contributed by atoms with Gasteiger partial charge in [-0.25, -0.2) is 14.0 Å². The highest BCUT2D eigenvalue weighted by molar-refractivity contribution is 6.12. The molecule has 0 radical (unpaired) electrons. The smallest absolute Gasteiger partial charge is 0.353 e. The summed E-state index contributed by atoms with van der Waals surface area (Å²) in [7, 11) is 0. The number of carboxylic acid groups (broad SMARTS) is 2. The van der Waals surface area contributed by atoms with Crippen LogP contribution in [0.15, 0.2) is 48.5 Å². The molecule has 1 aromatic heterocycles. The maximum absolute atomic E-state index is 13.0. The van der Waals surface area contributed by atoms with Crippen LogP contribution in [0.1, 0.15) is 26.4 Å². The number of hydrogen-bond acceptors (Lipinski definition) is 2. The zero-order valence-corrected chi connectivity index (χ0v) is 11.9. The molecule has 3 rings (SSSR count). The van der Waals surface area contributed by atoms with Gasteiger partial charge in [0, 0.05) is 17.4 Å². The molecule has 0 aliphatic heterocycles. The van der Waals surface area contributed by atoms with Gasteiger partial charge in [-0.3, -0.25) is 0 Å². The largest absolute Gasteiger partial charge is 0.478 e. The first kappa shape index (κ1) is 14.8. The molecule has 116 valence electrons. The van der Waals surface area contributed by atoms with Crippen LogP contribution in [0.4, 0.5) is 4.39 Å². The van der Waals surface area contributed by atoms with Gasteiger partial charge in [0.15, 0.2) is 0 Å². The number of para-hydroxylation sites is 1. The molecular formula is C17H12FNO4. The second-order valence-electron chi connectivity index (χ2n) is 5.06. The summed E-state index contributed by atoms with van der Waals surface area (Å²) in [4.78, 5) is 23.1. The zero-order chi connectivity index (χ0) is 16.6. The highest BCUT2D eigenvalue weighted by Gasteiger charge is 2.26. The van der Waals surface area contributed by atoms with Gasteiger partial charge in [0.25, 0.3) is 0 Å². The molecule has 0 atom stereocenters. The third-order valence-corrected chi connectivity index (χ3v) is 3.64. The van der Waals surface area contributed by atoms with Gasteiger partial charge in [-0.05, 0) is 23.8 Å². The van der Waals surface area contributed by atoms with Crippen LogP contribution in [0.2, 0.25) is 0 Å². The molecule has 0 amide bonds. The van der Waals surface area contributed by atoms with Crippen LogP contribution in [-0.4, -0.2) is 26.7 Å². The summed E-state index contributed by atoms with van der Waals surface area (Å²) >= 11 is 0. The van der Waals surface area contributed by atoms with Crippen molar-refractivity contribution in [3.63, 3.8) is 0 Å². The van der Waals surface area contributed by atoms with Gasteiger partial charge >= 0.3 is 11.9 Å². The number of halogens is 1. The molecule has 0 unspecified atom stereocenters. The summed E-state index contributed by atoms with van der Waals surface area (Å²) in [5, 5.41) is 19.2. The monoisotopic (exact) mass is 313 g/mol. The average Bonchev–Trinajstić information content (AvgIpc) is 2.84. The van der Waals surface area contributed by atoms with Gasteiger partial charge in [0.05, 0.1) is 5.56 Å². The Bertz CT molecular complexity index is 912. The maximum Gasteiger partial charge on any atom is 0.353 e. The first-order chi connectivity index (χ1) is 11.0. The summed E-state index contributed by atoms with van der Waals surface area (Å²) in [6.07, 6.45) is 0. The molecule has 1 heterocycles. The quantitative estimate of drug-likeness (QED) is 0.775. The third-order valence-electron chi connectivity index (χ3n) is 3.64. The number of aromatic nitrogens is 1. The van der Waals surface area contributed by atoms with Crippen molar-refractivity contribution in [2.75, 3.05) is 0 Å². The lowest BCUT2D eigenvalue weighted by molar-refractivity contribution is 0.0645. The second kappa shape index (κ2) is 5.57. The minimum absolute atomic E-state index is 0.135. The number of carbonyl (C=O) groups is 2. The molecule has 0 fully saturated rings. The molecule has 5 nitrogen and oxygen atoms in total. The molecular weight excluding hydrogens is 301 g/mol. The molecule has 0 aliphatic carbocycles. The summed E-state index contributed by atoms with van der Waals surface area (Å²) in [5.74, 6) is -3.01. The van der Waals surface area contributed by atoms with Gasteiger partial charge in [-0.15, -0.1) is 0 Å². The Morgan fingerprint density at radius 1 is 0.957 bits per heavy atom. The molecule has 3 aromatic rings. The van der Waals surface area contributed by atoms with Crippen LogP contribution in [0.5, 0.6) is 0 Å². The van der Waals surface area contributed by atoms with E-state index in [1.165, 1.54) is 28.8 Å². The van der Waals surface area contributed by atoms with Gasteiger partial charge in [0.2, 0.25) is 0 Å². The fraction of sp³-hybridized carbons (Fsp3) is 0.0588. The van der Waals surface area contributed by atoms with E-state index < -0.39 is 17.8 Å². The van der Waals surface area contributed by atoms with E-state index in [9.17, 15) is 24.2 Å². The predicted molar refractivity (Wildman–Crippen MR) is 81.4 cm³/mol. The Kier molecular flexibility index (Phi) is 3.57. The van der Waals surface area contributed by atoms with E-state index in [1.54, 1.807) is 24.3 Å². The number of nitrogens with zero attached hydrogens (tertiary/aromatic N) is 1. The van der Waals surface area contributed by atoms with Crippen molar-refractivity contribution in [2.45, 2.75) is 6.54 Å². The molecule has 6 heteroatoms. The number of carboxylic acids is 2. The molecule has 0 saturated carbocycles. The van der Waals surface area contributed by atoms with E-state index in [2.05, 4.69) is 0 Å². The van der Waals surface area contributed by atoms with Crippen LogP contribution in [0.25, 0.3) is 10.9 Å². The Labute approximate surface area is 130 Å². The first-order valence-corrected chi connectivity index (χ1v) is 6.81. The zero-order valence-electron chi connectivity index (χ0n) is 11.9. The fourth-order valence-electron chi connectivity index (χ4n) is 2.68. The number of aromatic carboxylic acids is 2. The van der Waals surface area contributed by atoms with E-state index in [1.807, 2.05) is 0 Å². The topological polar surface area (TPSA) is 79.5 Å². The van der Waals surface area contributed by atoms with Crippen molar-refractivity contribution >= 4 is 22.8 Å². The van der Waals surface area contributed by atoms with E-state index in [4.69, 9.17) is 0 Å². The fourth-order valence-corrected chi connectivity index (χ4v) is 2.68. The number of rotatable bonds is 4. The number of fused-ring (bicyclic) bond motifs is 1. The van der Waals surface area contributed by atoms with Gasteiger partial charge < -0.3 is 14.8 Å². The minimum Gasteiger partial charge on any atom is -0.478 e. The normalized spacial score (nSPS) is 10.8. The van der Waals surface area contributed by atoms with Crippen LogP contribution in [0.3, 0.4) is 0 Å². The highest BCUT2D eigenvalue weighted by Crippen LogP contribution is 2.27.